The molecule has 2 nitrogen and oxygen atoms in total. The molecule has 110 valence electrons. The largest absolute Gasteiger partial charge is 0.504 e. The molecule has 2 heteroatoms. The van der Waals surface area contributed by atoms with Crippen LogP contribution in [0, 0.1) is 11.3 Å². The lowest BCUT2D eigenvalue weighted by Crippen LogP contribution is -2.47. The molecule has 0 unspecified atom stereocenters. The molecule has 1 aromatic carbocycles. The van der Waals surface area contributed by atoms with Crippen molar-refractivity contribution in [1.29, 1.82) is 0 Å². The number of fused-ring (bicyclic) bond motifs is 3. The van der Waals surface area contributed by atoms with Crippen LogP contribution < -0.4 is 4.74 Å². The Hall–Kier alpha value is -1.18. The Morgan fingerprint density at radius 2 is 1.95 bits per heavy atom. The van der Waals surface area contributed by atoms with Gasteiger partial charge in [0.1, 0.15) is 0 Å². The Morgan fingerprint density at radius 3 is 2.65 bits per heavy atom. The van der Waals surface area contributed by atoms with Crippen LogP contribution in [-0.2, 0) is 11.8 Å². The number of benzene rings is 1. The first-order valence-electron chi connectivity index (χ1n) is 7.79. The average Bonchev–Trinajstić information content (AvgIpc) is 2.37. The van der Waals surface area contributed by atoms with Gasteiger partial charge in [-0.1, -0.05) is 27.2 Å². The Bertz CT molecular complexity index is 532. The molecule has 1 N–H and O–H groups in total. The molecule has 0 bridgehead atoms. The van der Waals surface area contributed by atoms with Crippen LogP contribution in [0.25, 0.3) is 0 Å². The van der Waals surface area contributed by atoms with Crippen LogP contribution in [0.1, 0.15) is 57.6 Å². The lowest BCUT2D eigenvalue weighted by atomic mass is 9.50. The molecule has 0 aromatic heterocycles. The first-order valence-corrected chi connectivity index (χ1v) is 7.79. The van der Waals surface area contributed by atoms with Gasteiger partial charge in [-0.3, -0.25) is 0 Å². The molecule has 1 saturated carbocycles. The average molecular weight is 274 g/mol. The Kier molecular flexibility index (Phi) is 3.04. The standard InChI is InChI=1S/C18H26O2/c1-17(2)8-5-9-18(3)13-11-15(20-4)14(19)10-12(13)6-7-16(17)18/h10-11,16,19H,5-9H2,1-4H3/t16-,18+/m0/s1. The minimum Gasteiger partial charge on any atom is -0.504 e. The third kappa shape index (κ3) is 1.84. The fourth-order valence-corrected chi connectivity index (χ4v) is 4.97. The van der Waals surface area contributed by atoms with E-state index in [9.17, 15) is 5.11 Å². The van der Waals surface area contributed by atoms with Crippen molar-refractivity contribution in [2.75, 3.05) is 7.11 Å². The second-order valence-electron chi connectivity index (χ2n) is 7.53. The molecule has 1 fully saturated rings. The summed E-state index contributed by atoms with van der Waals surface area (Å²) in [5, 5.41) is 10.0. The number of methoxy groups -OCH3 is 1. The number of aryl methyl sites for hydroxylation is 1. The molecule has 3 rings (SSSR count). The topological polar surface area (TPSA) is 29.5 Å². The van der Waals surface area contributed by atoms with Crippen LogP contribution in [0.5, 0.6) is 11.5 Å². The number of hydrogen-bond acceptors (Lipinski definition) is 2. The monoisotopic (exact) mass is 274 g/mol. The van der Waals surface area contributed by atoms with E-state index < -0.39 is 0 Å². The Morgan fingerprint density at radius 1 is 1.20 bits per heavy atom. The van der Waals surface area contributed by atoms with Gasteiger partial charge in [-0.25, -0.2) is 0 Å². The van der Waals surface area contributed by atoms with Crippen LogP contribution in [-0.4, -0.2) is 12.2 Å². The summed E-state index contributed by atoms with van der Waals surface area (Å²) in [6.07, 6.45) is 6.20. The van der Waals surface area contributed by atoms with Crippen LogP contribution in [0.3, 0.4) is 0 Å². The number of phenolic OH excluding ortho intramolecular Hbond substituents is 1. The highest BCUT2D eigenvalue weighted by molar-refractivity contribution is 5.51. The molecule has 20 heavy (non-hydrogen) atoms. The van der Waals surface area contributed by atoms with Crippen molar-refractivity contribution in [2.45, 2.75) is 58.3 Å². The van der Waals surface area contributed by atoms with E-state index in [-0.39, 0.29) is 11.2 Å². The van der Waals surface area contributed by atoms with E-state index in [2.05, 4.69) is 26.8 Å². The number of ether oxygens (including phenoxy) is 1. The van der Waals surface area contributed by atoms with Gasteiger partial charge in [-0.05, 0) is 65.7 Å². The molecular weight excluding hydrogens is 248 g/mol. The number of aromatic hydroxyl groups is 1. The normalized spacial score (nSPS) is 31.3. The summed E-state index contributed by atoms with van der Waals surface area (Å²) in [6.45, 7) is 7.28. The van der Waals surface area contributed by atoms with Gasteiger partial charge in [-0.15, -0.1) is 0 Å². The first kappa shape index (κ1) is 13.8. The van der Waals surface area contributed by atoms with E-state index in [1.54, 1.807) is 7.11 Å². The van der Waals surface area contributed by atoms with Gasteiger partial charge >= 0.3 is 0 Å². The molecule has 1 aromatic rings. The van der Waals surface area contributed by atoms with Gasteiger partial charge in [-0.2, -0.15) is 0 Å². The van der Waals surface area contributed by atoms with Gasteiger partial charge < -0.3 is 9.84 Å². The highest BCUT2D eigenvalue weighted by atomic mass is 16.5. The summed E-state index contributed by atoms with van der Waals surface area (Å²) < 4.78 is 5.34. The van der Waals surface area contributed by atoms with E-state index >= 15 is 0 Å². The molecule has 0 radical (unpaired) electrons. The predicted octanol–water partition coefficient (Wildman–Crippen LogP) is 4.43. The zero-order valence-corrected chi connectivity index (χ0v) is 13.1. The van der Waals surface area contributed by atoms with Gasteiger partial charge in [0.05, 0.1) is 7.11 Å². The van der Waals surface area contributed by atoms with E-state index in [1.807, 2.05) is 6.07 Å². The van der Waals surface area contributed by atoms with Crippen molar-refractivity contribution < 1.29 is 9.84 Å². The zero-order chi connectivity index (χ0) is 14.5. The predicted molar refractivity (Wildman–Crippen MR) is 81.5 cm³/mol. The van der Waals surface area contributed by atoms with Gasteiger partial charge in [0, 0.05) is 0 Å². The van der Waals surface area contributed by atoms with Crippen molar-refractivity contribution >= 4 is 0 Å². The highest BCUT2D eigenvalue weighted by Gasteiger charge is 2.49. The minimum atomic E-state index is 0.232. The van der Waals surface area contributed by atoms with Crippen LogP contribution in [0.2, 0.25) is 0 Å². The van der Waals surface area contributed by atoms with Crippen LogP contribution >= 0.6 is 0 Å². The summed E-state index contributed by atoms with van der Waals surface area (Å²) in [5.41, 5.74) is 3.38. The molecule has 0 spiro atoms. The van der Waals surface area contributed by atoms with Crippen molar-refractivity contribution in [3.8, 4) is 11.5 Å². The number of hydrogen-bond donors (Lipinski definition) is 1. The second-order valence-corrected chi connectivity index (χ2v) is 7.53. The Labute approximate surface area is 122 Å². The molecule has 0 saturated heterocycles. The van der Waals surface area contributed by atoms with E-state index in [4.69, 9.17) is 4.74 Å². The third-order valence-electron chi connectivity index (χ3n) is 5.95. The lowest BCUT2D eigenvalue weighted by molar-refractivity contribution is 0.0405. The van der Waals surface area contributed by atoms with Gasteiger partial charge in [0.2, 0.25) is 0 Å². The number of phenols is 1. The van der Waals surface area contributed by atoms with Crippen molar-refractivity contribution in [3.63, 3.8) is 0 Å². The second kappa shape index (κ2) is 4.41. The molecular formula is C18H26O2. The van der Waals surface area contributed by atoms with Crippen LogP contribution in [0.4, 0.5) is 0 Å². The third-order valence-corrected chi connectivity index (χ3v) is 5.95. The summed E-state index contributed by atoms with van der Waals surface area (Å²) in [7, 11) is 1.63. The van der Waals surface area contributed by atoms with Gasteiger partial charge in [0.15, 0.2) is 11.5 Å². The van der Waals surface area contributed by atoms with Crippen molar-refractivity contribution in [2.24, 2.45) is 11.3 Å². The fourth-order valence-electron chi connectivity index (χ4n) is 4.97. The highest BCUT2D eigenvalue weighted by Crippen LogP contribution is 2.57. The Balaban J connectivity index is 2.14. The van der Waals surface area contributed by atoms with Crippen LogP contribution in [0.15, 0.2) is 12.1 Å². The summed E-state index contributed by atoms with van der Waals surface area (Å²) in [5.74, 6) is 1.63. The number of rotatable bonds is 1. The molecule has 2 atom stereocenters. The fraction of sp³-hybridized carbons (Fsp3) is 0.667. The minimum absolute atomic E-state index is 0.232. The SMILES string of the molecule is COc1cc2c(cc1O)CC[C@H]1C(C)(C)CCC[C@]21C. The summed E-state index contributed by atoms with van der Waals surface area (Å²) >= 11 is 0. The quantitative estimate of drug-likeness (QED) is 0.821. The molecule has 2 aliphatic carbocycles. The maximum Gasteiger partial charge on any atom is 0.160 e. The molecule has 0 heterocycles. The smallest absolute Gasteiger partial charge is 0.160 e. The molecule has 2 aliphatic rings. The maximum absolute atomic E-state index is 10.0. The first-order chi connectivity index (χ1) is 9.38. The summed E-state index contributed by atoms with van der Waals surface area (Å²) in [6, 6.07) is 4.02. The summed E-state index contributed by atoms with van der Waals surface area (Å²) in [4.78, 5) is 0. The zero-order valence-electron chi connectivity index (χ0n) is 13.1. The lowest BCUT2D eigenvalue weighted by Gasteiger charge is -2.54. The van der Waals surface area contributed by atoms with E-state index in [0.717, 1.165) is 12.3 Å². The van der Waals surface area contributed by atoms with Gasteiger partial charge in [0.25, 0.3) is 0 Å². The molecule has 0 amide bonds. The van der Waals surface area contributed by atoms with E-state index in [1.165, 1.54) is 36.8 Å². The maximum atomic E-state index is 10.0. The van der Waals surface area contributed by atoms with Crippen molar-refractivity contribution in [3.05, 3.63) is 23.3 Å². The van der Waals surface area contributed by atoms with Crippen molar-refractivity contribution in [1.82, 2.24) is 0 Å². The molecule has 0 aliphatic heterocycles. The van der Waals surface area contributed by atoms with E-state index in [0.29, 0.717) is 11.2 Å².